The topological polar surface area (TPSA) is 29.5 Å². The number of ether oxygens (including phenoxy) is 1. The third-order valence-corrected chi connectivity index (χ3v) is 3.20. The van der Waals surface area contributed by atoms with E-state index < -0.39 is 0 Å². The minimum absolute atomic E-state index is 0.231. The summed E-state index contributed by atoms with van der Waals surface area (Å²) in [6.07, 6.45) is 4.40. The van der Waals surface area contributed by atoms with Gasteiger partial charge in [0.15, 0.2) is 0 Å². The molecule has 0 radical (unpaired) electrons. The van der Waals surface area contributed by atoms with Crippen molar-refractivity contribution in [1.29, 1.82) is 0 Å². The fourth-order valence-electron chi connectivity index (χ4n) is 2.39. The number of phenols is 1. The van der Waals surface area contributed by atoms with Crippen molar-refractivity contribution in [2.75, 3.05) is 7.11 Å². The Balaban J connectivity index is 2.41. The van der Waals surface area contributed by atoms with Gasteiger partial charge >= 0.3 is 0 Å². The average molecular weight is 192 g/mol. The number of hydrogen-bond donors (Lipinski definition) is 1. The molecule has 0 bridgehead atoms. The molecule has 14 heavy (non-hydrogen) atoms. The highest BCUT2D eigenvalue weighted by Gasteiger charge is 2.37. The number of hydrogen-bond acceptors (Lipinski definition) is 2. The van der Waals surface area contributed by atoms with Crippen LogP contribution in [-0.4, -0.2) is 12.2 Å². The van der Waals surface area contributed by atoms with Gasteiger partial charge in [-0.15, -0.1) is 0 Å². The van der Waals surface area contributed by atoms with Gasteiger partial charge < -0.3 is 9.84 Å². The molecule has 0 amide bonds. The van der Waals surface area contributed by atoms with E-state index in [4.69, 9.17) is 4.74 Å². The molecule has 0 spiro atoms. The standard InChI is InChI=1S/C12H16O2/c1-14-12(8-4-5-9-12)10-6-2-3-7-11(10)13/h2-3,6-7,13H,4-5,8-9H2,1H3. The van der Waals surface area contributed by atoms with Gasteiger partial charge in [0.05, 0.1) is 5.60 Å². The molecule has 0 aromatic heterocycles. The normalized spacial score (nSPS) is 19.8. The Morgan fingerprint density at radius 3 is 2.43 bits per heavy atom. The molecule has 1 aliphatic carbocycles. The molecule has 2 heteroatoms. The fraction of sp³-hybridized carbons (Fsp3) is 0.500. The molecule has 76 valence electrons. The maximum atomic E-state index is 9.79. The summed E-state index contributed by atoms with van der Waals surface area (Å²) in [6.45, 7) is 0. The fourth-order valence-corrected chi connectivity index (χ4v) is 2.39. The van der Waals surface area contributed by atoms with Crippen molar-refractivity contribution in [3.8, 4) is 5.75 Å². The maximum Gasteiger partial charge on any atom is 0.121 e. The van der Waals surface area contributed by atoms with Gasteiger partial charge in [0.2, 0.25) is 0 Å². The van der Waals surface area contributed by atoms with Crippen LogP contribution in [0.15, 0.2) is 24.3 Å². The molecular weight excluding hydrogens is 176 g/mol. The van der Waals surface area contributed by atoms with Crippen LogP contribution in [-0.2, 0) is 10.3 Å². The summed E-state index contributed by atoms with van der Waals surface area (Å²) in [5.41, 5.74) is 0.714. The highest BCUT2D eigenvalue weighted by atomic mass is 16.5. The average Bonchev–Trinajstić information content (AvgIpc) is 2.68. The van der Waals surface area contributed by atoms with E-state index in [0.29, 0.717) is 5.75 Å². The SMILES string of the molecule is COC1(c2ccccc2O)CCCC1. The van der Waals surface area contributed by atoms with E-state index in [1.807, 2.05) is 18.2 Å². The molecule has 1 aromatic rings. The zero-order chi connectivity index (χ0) is 10.0. The Morgan fingerprint density at radius 2 is 1.86 bits per heavy atom. The first-order valence-corrected chi connectivity index (χ1v) is 5.12. The lowest BCUT2D eigenvalue weighted by molar-refractivity contribution is -0.0104. The van der Waals surface area contributed by atoms with E-state index in [1.165, 1.54) is 12.8 Å². The van der Waals surface area contributed by atoms with Crippen LogP contribution in [0.1, 0.15) is 31.2 Å². The molecule has 0 heterocycles. The summed E-state index contributed by atoms with van der Waals surface area (Å²) in [6, 6.07) is 7.49. The highest BCUT2D eigenvalue weighted by Crippen LogP contribution is 2.44. The Labute approximate surface area is 84.5 Å². The van der Waals surface area contributed by atoms with Gasteiger partial charge in [-0.3, -0.25) is 0 Å². The molecule has 1 aromatic carbocycles. The largest absolute Gasteiger partial charge is 0.508 e. The zero-order valence-electron chi connectivity index (χ0n) is 8.49. The molecule has 1 N–H and O–H groups in total. The van der Waals surface area contributed by atoms with Gasteiger partial charge in [0, 0.05) is 12.7 Å². The Kier molecular flexibility index (Phi) is 2.46. The summed E-state index contributed by atoms with van der Waals surface area (Å²) in [5.74, 6) is 0.358. The molecule has 0 aliphatic heterocycles. The minimum atomic E-state index is -0.231. The minimum Gasteiger partial charge on any atom is -0.508 e. The van der Waals surface area contributed by atoms with E-state index in [1.54, 1.807) is 13.2 Å². The first kappa shape index (κ1) is 9.53. The summed E-state index contributed by atoms with van der Waals surface area (Å²) in [7, 11) is 1.73. The van der Waals surface area contributed by atoms with Gasteiger partial charge in [-0.1, -0.05) is 31.0 Å². The molecule has 0 atom stereocenters. The summed E-state index contributed by atoms with van der Waals surface area (Å²) in [5, 5.41) is 9.79. The number of rotatable bonds is 2. The summed E-state index contributed by atoms with van der Waals surface area (Å²) >= 11 is 0. The van der Waals surface area contributed by atoms with Gasteiger partial charge in [-0.2, -0.15) is 0 Å². The Morgan fingerprint density at radius 1 is 1.21 bits per heavy atom. The molecule has 2 nitrogen and oxygen atoms in total. The third-order valence-electron chi connectivity index (χ3n) is 3.20. The first-order chi connectivity index (χ1) is 6.78. The summed E-state index contributed by atoms with van der Waals surface area (Å²) in [4.78, 5) is 0. The quantitative estimate of drug-likeness (QED) is 0.780. The van der Waals surface area contributed by atoms with E-state index in [9.17, 15) is 5.11 Å². The van der Waals surface area contributed by atoms with Crippen molar-refractivity contribution < 1.29 is 9.84 Å². The highest BCUT2D eigenvalue weighted by molar-refractivity contribution is 5.37. The van der Waals surface area contributed by atoms with E-state index >= 15 is 0 Å². The molecule has 1 fully saturated rings. The van der Waals surface area contributed by atoms with Crippen LogP contribution >= 0.6 is 0 Å². The second-order valence-corrected chi connectivity index (χ2v) is 3.92. The van der Waals surface area contributed by atoms with Crippen molar-refractivity contribution >= 4 is 0 Å². The summed E-state index contributed by atoms with van der Waals surface area (Å²) < 4.78 is 5.61. The smallest absolute Gasteiger partial charge is 0.121 e. The van der Waals surface area contributed by atoms with Crippen LogP contribution in [0.4, 0.5) is 0 Å². The second-order valence-electron chi connectivity index (χ2n) is 3.92. The molecule has 1 saturated carbocycles. The van der Waals surface area contributed by atoms with Crippen LogP contribution < -0.4 is 0 Å². The van der Waals surface area contributed by atoms with E-state index in [-0.39, 0.29) is 5.60 Å². The zero-order valence-corrected chi connectivity index (χ0v) is 8.49. The first-order valence-electron chi connectivity index (χ1n) is 5.12. The van der Waals surface area contributed by atoms with Crippen LogP contribution in [0.25, 0.3) is 0 Å². The van der Waals surface area contributed by atoms with Crippen LogP contribution in [0.3, 0.4) is 0 Å². The number of benzene rings is 1. The molecular formula is C12H16O2. The molecule has 2 rings (SSSR count). The van der Waals surface area contributed by atoms with E-state index in [0.717, 1.165) is 18.4 Å². The number of methoxy groups -OCH3 is 1. The lowest BCUT2D eigenvalue weighted by atomic mass is 9.91. The monoisotopic (exact) mass is 192 g/mol. The van der Waals surface area contributed by atoms with Crippen LogP contribution in [0.5, 0.6) is 5.75 Å². The molecule has 0 saturated heterocycles. The van der Waals surface area contributed by atoms with Crippen molar-refractivity contribution in [1.82, 2.24) is 0 Å². The lowest BCUT2D eigenvalue weighted by Gasteiger charge is -2.28. The van der Waals surface area contributed by atoms with Gasteiger partial charge in [-0.25, -0.2) is 0 Å². The predicted molar refractivity (Wildman–Crippen MR) is 55.3 cm³/mol. The van der Waals surface area contributed by atoms with Crippen molar-refractivity contribution in [2.45, 2.75) is 31.3 Å². The Hall–Kier alpha value is -1.02. The van der Waals surface area contributed by atoms with Gasteiger partial charge in [0.25, 0.3) is 0 Å². The molecule has 1 aliphatic rings. The third kappa shape index (κ3) is 1.40. The maximum absolute atomic E-state index is 9.79. The van der Waals surface area contributed by atoms with Crippen LogP contribution in [0, 0.1) is 0 Å². The van der Waals surface area contributed by atoms with Crippen molar-refractivity contribution in [3.63, 3.8) is 0 Å². The second kappa shape index (κ2) is 3.62. The van der Waals surface area contributed by atoms with Gasteiger partial charge in [-0.05, 0) is 18.9 Å². The number of aromatic hydroxyl groups is 1. The van der Waals surface area contributed by atoms with Crippen molar-refractivity contribution in [2.24, 2.45) is 0 Å². The lowest BCUT2D eigenvalue weighted by Crippen LogP contribution is -2.24. The van der Waals surface area contributed by atoms with Crippen LogP contribution in [0.2, 0.25) is 0 Å². The molecule has 0 unspecified atom stereocenters. The predicted octanol–water partition coefficient (Wildman–Crippen LogP) is 2.81. The number of para-hydroxylation sites is 1. The Bertz CT molecular complexity index is 314. The van der Waals surface area contributed by atoms with Crippen molar-refractivity contribution in [3.05, 3.63) is 29.8 Å². The van der Waals surface area contributed by atoms with Gasteiger partial charge in [0.1, 0.15) is 5.75 Å². The number of phenolic OH excluding ortho intramolecular Hbond substituents is 1. The van der Waals surface area contributed by atoms with E-state index in [2.05, 4.69) is 0 Å².